The van der Waals surface area contributed by atoms with Crippen LogP contribution in [-0.2, 0) is 9.59 Å². The van der Waals surface area contributed by atoms with Gasteiger partial charge in [-0.25, -0.2) is 9.59 Å². The molecule has 0 bridgehead atoms. The van der Waals surface area contributed by atoms with E-state index in [2.05, 4.69) is 21.3 Å². The first kappa shape index (κ1) is 15.0. The van der Waals surface area contributed by atoms with E-state index in [0.717, 1.165) is 0 Å². The molecule has 20 heavy (non-hydrogen) atoms. The molecule has 4 N–H and O–H groups in total. The van der Waals surface area contributed by atoms with Gasteiger partial charge in [0, 0.05) is 11.5 Å². The molecular weight excluding hydrogens is 304 g/mol. The van der Waals surface area contributed by atoms with Crippen LogP contribution in [0, 0.1) is 0 Å². The molecule has 2 atom stereocenters. The Morgan fingerprint density at radius 3 is 1.45 bits per heavy atom. The Hall–Kier alpha value is -1.42. The van der Waals surface area contributed by atoms with E-state index in [4.69, 9.17) is 0 Å². The molecule has 110 valence electrons. The van der Waals surface area contributed by atoms with Crippen LogP contribution in [0.2, 0.25) is 0 Å². The van der Waals surface area contributed by atoms with E-state index in [9.17, 15) is 19.2 Å². The van der Waals surface area contributed by atoms with Crippen LogP contribution in [0.25, 0.3) is 0 Å². The van der Waals surface area contributed by atoms with Crippen LogP contribution in [0.4, 0.5) is 9.59 Å². The summed E-state index contributed by atoms with van der Waals surface area (Å²) >= 11 is 0. The van der Waals surface area contributed by atoms with Crippen molar-refractivity contribution in [3.8, 4) is 0 Å². The molecule has 10 heteroatoms. The first-order valence-electron chi connectivity index (χ1n) is 6.03. The summed E-state index contributed by atoms with van der Waals surface area (Å²) in [5.41, 5.74) is 0. The lowest BCUT2D eigenvalue weighted by molar-refractivity contribution is -0.121. The maximum Gasteiger partial charge on any atom is 0.322 e. The first-order valence-corrected chi connectivity index (χ1v) is 8.52. The highest BCUT2D eigenvalue weighted by atomic mass is 33.1. The number of urea groups is 2. The molecule has 2 heterocycles. The summed E-state index contributed by atoms with van der Waals surface area (Å²) in [6.07, 6.45) is 1.13. The molecule has 0 radical (unpaired) electrons. The number of amides is 6. The third-order valence-electron chi connectivity index (χ3n) is 2.78. The Morgan fingerprint density at radius 1 is 0.750 bits per heavy atom. The molecule has 0 aromatic carbocycles. The normalized spacial score (nSPS) is 25.2. The number of imide groups is 2. The predicted octanol–water partition coefficient (Wildman–Crippen LogP) is -0.436. The maximum atomic E-state index is 11.3. The van der Waals surface area contributed by atoms with E-state index in [1.807, 2.05) is 0 Å². The largest absolute Gasteiger partial charge is 0.326 e. The van der Waals surface area contributed by atoms with E-state index < -0.39 is 24.1 Å². The van der Waals surface area contributed by atoms with Gasteiger partial charge in [0.05, 0.1) is 0 Å². The summed E-state index contributed by atoms with van der Waals surface area (Å²) in [6.45, 7) is 0. The zero-order chi connectivity index (χ0) is 14.5. The lowest BCUT2D eigenvalue weighted by atomic mass is 10.2. The van der Waals surface area contributed by atoms with Gasteiger partial charge in [0.1, 0.15) is 12.1 Å². The van der Waals surface area contributed by atoms with Crippen molar-refractivity contribution in [2.24, 2.45) is 0 Å². The average Bonchev–Trinajstić information content (AvgIpc) is 2.86. The molecule has 0 aromatic heterocycles. The lowest BCUT2D eigenvalue weighted by Crippen LogP contribution is -2.29. The zero-order valence-corrected chi connectivity index (χ0v) is 12.1. The SMILES string of the molecule is O=C1NC(=O)[C@H](CCSSCC[C@H]2NC(=O)NC2=O)N1. The molecule has 2 fully saturated rings. The van der Waals surface area contributed by atoms with Crippen molar-refractivity contribution in [2.45, 2.75) is 24.9 Å². The summed E-state index contributed by atoms with van der Waals surface area (Å²) in [5.74, 6) is 0.857. The van der Waals surface area contributed by atoms with Crippen LogP contribution in [0.15, 0.2) is 0 Å². The zero-order valence-electron chi connectivity index (χ0n) is 10.4. The number of carbonyl (C=O) groups is 4. The summed E-state index contributed by atoms with van der Waals surface area (Å²) in [6, 6.07) is -1.78. The van der Waals surface area contributed by atoms with Gasteiger partial charge in [-0.2, -0.15) is 0 Å². The van der Waals surface area contributed by atoms with Crippen molar-refractivity contribution < 1.29 is 19.2 Å². The second kappa shape index (κ2) is 6.84. The van der Waals surface area contributed by atoms with Gasteiger partial charge in [0.25, 0.3) is 11.8 Å². The summed E-state index contributed by atoms with van der Waals surface area (Å²) in [4.78, 5) is 44.3. The van der Waals surface area contributed by atoms with Crippen LogP contribution in [0.5, 0.6) is 0 Å². The summed E-state index contributed by atoms with van der Waals surface area (Å²) < 4.78 is 0. The highest BCUT2D eigenvalue weighted by molar-refractivity contribution is 8.76. The molecule has 0 aromatic rings. The molecular formula is C10H14N4O4S2. The molecule has 0 aliphatic carbocycles. The Morgan fingerprint density at radius 2 is 1.15 bits per heavy atom. The topological polar surface area (TPSA) is 116 Å². The van der Waals surface area contributed by atoms with Crippen molar-refractivity contribution in [1.82, 2.24) is 21.3 Å². The van der Waals surface area contributed by atoms with Crippen LogP contribution in [0.3, 0.4) is 0 Å². The number of hydrogen-bond acceptors (Lipinski definition) is 6. The van der Waals surface area contributed by atoms with Crippen LogP contribution in [0.1, 0.15) is 12.8 Å². The van der Waals surface area contributed by atoms with Gasteiger partial charge in [-0.05, 0) is 12.8 Å². The Labute approximate surface area is 123 Å². The quantitative estimate of drug-likeness (QED) is 0.287. The molecule has 2 aliphatic heterocycles. The minimum Gasteiger partial charge on any atom is -0.326 e. The Kier molecular flexibility index (Phi) is 5.12. The fraction of sp³-hybridized carbons (Fsp3) is 0.600. The standard InChI is InChI=1S/C10H14N4O4S2/c15-7-5(11-9(17)13-7)1-3-19-20-4-2-6-8(16)14-10(18)12-6/h5-6H,1-4H2,(H2,11,13,15,17)(H2,12,14,16,18)/t5-,6+. The molecule has 6 amide bonds. The minimum absolute atomic E-state index is 0.286. The summed E-state index contributed by atoms with van der Waals surface area (Å²) in [7, 11) is 3.14. The van der Waals surface area contributed by atoms with E-state index in [1.165, 1.54) is 0 Å². The van der Waals surface area contributed by atoms with Gasteiger partial charge in [-0.1, -0.05) is 21.6 Å². The smallest absolute Gasteiger partial charge is 0.322 e. The molecule has 0 saturated carbocycles. The van der Waals surface area contributed by atoms with Gasteiger partial charge in [0.15, 0.2) is 0 Å². The Bertz CT molecular complexity index is 405. The molecule has 0 unspecified atom stereocenters. The monoisotopic (exact) mass is 318 g/mol. The van der Waals surface area contributed by atoms with Crippen molar-refractivity contribution in [2.75, 3.05) is 11.5 Å². The van der Waals surface area contributed by atoms with E-state index in [-0.39, 0.29) is 11.8 Å². The molecule has 2 rings (SSSR count). The van der Waals surface area contributed by atoms with E-state index in [1.54, 1.807) is 21.6 Å². The van der Waals surface area contributed by atoms with Crippen molar-refractivity contribution >= 4 is 45.5 Å². The molecule has 0 spiro atoms. The minimum atomic E-state index is -0.449. The molecule has 2 saturated heterocycles. The number of carbonyl (C=O) groups excluding carboxylic acids is 4. The maximum absolute atomic E-state index is 11.3. The molecule has 2 aliphatic rings. The van der Waals surface area contributed by atoms with E-state index >= 15 is 0 Å². The van der Waals surface area contributed by atoms with Gasteiger partial charge < -0.3 is 10.6 Å². The lowest BCUT2D eigenvalue weighted by Gasteiger charge is -2.07. The van der Waals surface area contributed by atoms with Crippen LogP contribution >= 0.6 is 21.6 Å². The number of hydrogen-bond donors (Lipinski definition) is 4. The van der Waals surface area contributed by atoms with E-state index in [0.29, 0.717) is 24.3 Å². The second-order valence-corrected chi connectivity index (χ2v) is 6.95. The first-order chi connectivity index (χ1) is 9.56. The fourth-order valence-electron chi connectivity index (χ4n) is 1.77. The van der Waals surface area contributed by atoms with Crippen LogP contribution in [-0.4, -0.2) is 47.5 Å². The third-order valence-corrected chi connectivity index (χ3v) is 5.25. The van der Waals surface area contributed by atoms with Crippen molar-refractivity contribution in [3.05, 3.63) is 0 Å². The van der Waals surface area contributed by atoms with Crippen LogP contribution < -0.4 is 21.3 Å². The second-order valence-electron chi connectivity index (χ2n) is 4.25. The molecule has 8 nitrogen and oxygen atoms in total. The predicted molar refractivity (Wildman–Crippen MR) is 75.1 cm³/mol. The summed E-state index contributed by atoms with van der Waals surface area (Å²) in [5, 5.41) is 9.41. The highest BCUT2D eigenvalue weighted by Gasteiger charge is 2.29. The van der Waals surface area contributed by atoms with Gasteiger partial charge >= 0.3 is 12.1 Å². The van der Waals surface area contributed by atoms with Gasteiger partial charge in [-0.3, -0.25) is 20.2 Å². The number of rotatable bonds is 7. The highest BCUT2D eigenvalue weighted by Crippen LogP contribution is 2.24. The van der Waals surface area contributed by atoms with Crippen molar-refractivity contribution in [1.29, 1.82) is 0 Å². The number of nitrogens with one attached hydrogen (secondary N) is 4. The fourth-order valence-corrected chi connectivity index (χ4v) is 3.96. The van der Waals surface area contributed by atoms with Gasteiger partial charge in [0.2, 0.25) is 0 Å². The third kappa shape index (κ3) is 4.04. The average molecular weight is 318 g/mol. The van der Waals surface area contributed by atoms with Gasteiger partial charge in [-0.15, -0.1) is 0 Å². The Balaban J connectivity index is 1.52. The van der Waals surface area contributed by atoms with Crippen molar-refractivity contribution in [3.63, 3.8) is 0 Å².